The van der Waals surface area contributed by atoms with Crippen LogP contribution in [0.2, 0.25) is 5.02 Å². The summed E-state index contributed by atoms with van der Waals surface area (Å²) < 4.78 is 19.1. The van der Waals surface area contributed by atoms with Gasteiger partial charge in [0.2, 0.25) is 0 Å². The monoisotopic (exact) mass is 243 g/mol. The SMILES string of the molecule is NC(c1cccc(Cl)c1F)C1CCCOC1. The van der Waals surface area contributed by atoms with Gasteiger partial charge >= 0.3 is 0 Å². The van der Waals surface area contributed by atoms with E-state index in [2.05, 4.69) is 0 Å². The molecule has 2 N–H and O–H groups in total. The fourth-order valence-electron chi connectivity index (χ4n) is 2.08. The highest BCUT2D eigenvalue weighted by Gasteiger charge is 2.25. The largest absolute Gasteiger partial charge is 0.381 e. The molecule has 1 aromatic rings. The summed E-state index contributed by atoms with van der Waals surface area (Å²) in [6.45, 7) is 1.38. The third-order valence-electron chi connectivity index (χ3n) is 3.04. The Morgan fingerprint density at radius 1 is 1.50 bits per heavy atom. The quantitative estimate of drug-likeness (QED) is 0.867. The number of nitrogens with two attached hydrogens (primary N) is 1. The van der Waals surface area contributed by atoms with Crippen LogP contribution in [-0.4, -0.2) is 13.2 Å². The first-order valence-electron chi connectivity index (χ1n) is 5.47. The van der Waals surface area contributed by atoms with Gasteiger partial charge in [0.1, 0.15) is 5.82 Å². The standard InChI is InChI=1S/C12H15ClFNO/c13-10-5-1-4-9(11(10)14)12(15)8-3-2-6-16-7-8/h1,4-5,8,12H,2-3,6-7,15H2. The smallest absolute Gasteiger partial charge is 0.146 e. The number of hydrogen-bond acceptors (Lipinski definition) is 2. The van der Waals surface area contributed by atoms with Gasteiger partial charge in [-0.15, -0.1) is 0 Å². The van der Waals surface area contributed by atoms with Gasteiger partial charge < -0.3 is 10.5 Å². The van der Waals surface area contributed by atoms with Gasteiger partial charge in [-0.1, -0.05) is 23.7 Å². The van der Waals surface area contributed by atoms with Gasteiger partial charge in [0.15, 0.2) is 0 Å². The Bertz CT molecular complexity index is 366. The first kappa shape index (κ1) is 11.8. The number of ether oxygens (including phenoxy) is 1. The molecular weight excluding hydrogens is 229 g/mol. The minimum absolute atomic E-state index is 0.129. The lowest BCUT2D eigenvalue weighted by Gasteiger charge is -2.28. The van der Waals surface area contributed by atoms with Crippen LogP contribution in [0.5, 0.6) is 0 Å². The van der Waals surface area contributed by atoms with Gasteiger partial charge in [-0.25, -0.2) is 4.39 Å². The predicted molar refractivity (Wildman–Crippen MR) is 61.9 cm³/mol. The lowest BCUT2D eigenvalue weighted by atomic mass is 9.89. The van der Waals surface area contributed by atoms with E-state index in [1.165, 1.54) is 6.07 Å². The minimum Gasteiger partial charge on any atom is -0.381 e. The molecule has 1 aliphatic rings. The fourth-order valence-corrected chi connectivity index (χ4v) is 2.26. The van der Waals surface area contributed by atoms with Crippen molar-refractivity contribution in [2.45, 2.75) is 18.9 Å². The van der Waals surface area contributed by atoms with Gasteiger partial charge in [-0.3, -0.25) is 0 Å². The molecule has 2 nitrogen and oxygen atoms in total. The summed E-state index contributed by atoms with van der Waals surface area (Å²) in [5, 5.41) is 0.129. The molecule has 0 aliphatic carbocycles. The molecule has 2 rings (SSSR count). The van der Waals surface area contributed by atoms with Crippen molar-refractivity contribution in [3.63, 3.8) is 0 Å². The van der Waals surface area contributed by atoms with Gasteiger partial charge in [-0.05, 0) is 18.9 Å². The molecule has 0 aromatic heterocycles. The van der Waals surface area contributed by atoms with Crippen molar-refractivity contribution < 1.29 is 9.13 Å². The van der Waals surface area contributed by atoms with Crippen LogP contribution in [-0.2, 0) is 4.74 Å². The molecule has 4 heteroatoms. The fraction of sp³-hybridized carbons (Fsp3) is 0.500. The molecule has 1 aliphatic heterocycles. The van der Waals surface area contributed by atoms with E-state index in [0.29, 0.717) is 12.2 Å². The second kappa shape index (κ2) is 5.13. The van der Waals surface area contributed by atoms with Crippen molar-refractivity contribution in [3.8, 4) is 0 Å². The molecule has 1 saturated heterocycles. The zero-order valence-corrected chi connectivity index (χ0v) is 9.71. The van der Waals surface area contributed by atoms with E-state index in [9.17, 15) is 4.39 Å². The van der Waals surface area contributed by atoms with Crippen LogP contribution in [0.25, 0.3) is 0 Å². The summed E-state index contributed by atoms with van der Waals surface area (Å²) in [5.74, 6) is -0.219. The normalized spacial score (nSPS) is 23.1. The average molecular weight is 244 g/mol. The van der Waals surface area contributed by atoms with Crippen molar-refractivity contribution >= 4 is 11.6 Å². The summed E-state index contributed by atoms with van der Waals surface area (Å²) in [7, 11) is 0. The third-order valence-corrected chi connectivity index (χ3v) is 3.34. The molecule has 1 aromatic carbocycles. The molecule has 16 heavy (non-hydrogen) atoms. The van der Waals surface area contributed by atoms with Crippen LogP contribution in [0.4, 0.5) is 4.39 Å². The van der Waals surface area contributed by atoms with Crippen molar-refractivity contribution in [1.82, 2.24) is 0 Å². The Hall–Kier alpha value is -0.640. The van der Waals surface area contributed by atoms with Gasteiger partial charge in [-0.2, -0.15) is 0 Å². The van der Waals surface area contributed by atoms with Crippen molar-refractivity contribution in [2.24, 2.45) is 11.7 Å². The number of rotatable bonds is 2. The van der Waals surface area contributed by atoms with Crippen molar-refractivity contribution in [2.75, 3.05) is 13.2 Å². The van der Waals surface area contributed by atoms with E-state index < -0.39 is 5.82 Å². The van der Waals surface area contributed by atoms with Crippen LogP contribution < -0.4 is 5.73 Å². The lowest BCUT2D eigenvalue weighted by molar-refractivity contribution is 0.0443. The second-order valence-electron chi connectivity index (χ2n) is 4.15. The summed E-state index contributed by atoms with van der Waals surface area (Å²) >= 11 is 5.74. The third kappa shape index (κ3) is 2.37. The summed E-state index contributed by atoms with van der Waals surface area (Å²) in [6, 6.07) is 4.62. The summed E-state index contributed by atoms with van der Waals surface area (Å²) in [4.78, 5) is 0. The topological polar surface area (TPSA) is 35.2 Å². The number of hydrogen-bond donors (Lipinski definition) is 1. The number of halogens is 2. The van der Waals surface area contributed by atoms with E-state index in [-0.39, 0.29) is 17.0 Å². The predicted octanol–water partition coefficient (Wildman–Crippen LogP) is 2.91. The maximum atomic E-state index is 13.8. The Labute approximate surface area is 99.5 Å². The Morgan fingerprint density at radius 3 is 3.00 bits per heavy atom. The van der Waals surface area contributed by atoms with Gasteiger partial charge in [0.05, 0.1) is 11.6 Å². The van der Waals surface area contributed by atoms with Gasteiger partial charge in [0.25, 0.3) is 0 Å². The molecule has 0 radical (unpaired) electrons. The molecule has 0 saturated carbocycles. The van der Waals surface area contributed by atoms with Crippen molar-refractivity contribution in [1.29, 1.82) is 0 Å². The van der Waals surface area contributed by atoms with E-state index >= 15 is 0 Å². The summed E-state index contributed by atoms with van der Waals surface area (Å²) in [5.41, 5.74) is 6.55. The number of benzene rings is 1. The Balaban J connectivity index is 2.19. The molecule has 1 heterocycles. The highest BCUT2D eigenvalue weighted by molar-refractivity contribution is 6.30. The van der Waals surface area contributed by atoms with Crippen molar-refractivity contribution in [3.05, 3.63) is 34.6 Å². The molecule has 88 valence electrons. The highest BCUT2D eigenvalue weighted by atomic mass is 35.5. The van der Waals surface area contributed by atoms with E-state index in [1.807, 2.05) is 0 Å². The molecule has 1 fully saturated rings. The molecule has 2 unspecified atom stereocenters. The van der Waals surface area contributed by atoms with Crippen LogP contribution in [0, 0.1) is 11.7 Å². The van der Waals surface area contributed by atoms with Gasteiger partial charge in [0, 0.05) is 24.1 Å². The Morgan fingerprint density at radius 2 is 2.31 bits per heavy atom. The first-order chi connectivity index (χ1) is 7.70. The highest BCUT2D eigenvalue weighted by Crippen LogP contribution is 2.30. The molecule has 0 spiro atoms. The van der Waals surface area contributed by atoms with Crippen LogP contribution in [0.3, 0.4) is 0 Å². The average Bonchev–Trinajstić information content (AvgIpc) is 2.33. The van der Waals surface area contributed by atoms with E-state index in [4.69, 9.17) is 22.1 Å². The Kier molecular flexibility index (Phi) is 3.79. The van der Waals surface area contributed by atoms with Crippen LogP contribution in [0.15, 0.2) is 18.2 Å². The molecule has 0 amide bonds. The lowest BCUT2D eigenvalue weighted by Crippen LogP contribution is -2.29. The second-order valence-corrected chi connectivity index (χ2v) is 4.55. The molecule has 0 bridgehead atoms. The maximum Gasteiger partial charge on any atom is 0.146 e. The molecule has 2 atom stereocenters. The zero-order chi connectivity index (χ0) is 11.5. The van der Waals surface area contributed by atoms with Crippen LogP contribution >= 0.6 is 11.6 Å². The minimum atomic E-state index is -0.401. The molecular formula is C12H15ClFNO. The van der Waals surface area contributed by atoms with Crippen LogP contribution in [0.1, 0.15) is 24.4 Å². The van der Waals surface area contributed by atoms with E-state index in [1.54, 1.807) is 12.1 Å². The summed E-state index contributed by atoms with van der Waals surface area (Å²) in [6.07, 6.45) is 1.97. The van der Waals surface area contributed by atoms with E-state index in [0.717, 1.165) is 19.4 Å². The maximum absolute atomic E-state index is 13.8. The zero-order valence-electron chi connectivity index (χ0n) is 8.96. The first-order valence-corrected chi connectivity index (χ1v) is 5.85.